The summed E-state index contributed by atoms with van der Waals surface area (Å²) in [5, 5.41) is 1.73. The minimum Gasteiger partial charge on any atom is -0.493 e. The van der Waals surface area contributed by atoms with Crippen molar-refractivity contribution in [2.75, 3.05) is 6.61 Å². The SMILES string of the molecule is CCOc1ccc(Cl)cc1P. The topological polar surface area (TPSA) is 9.23 Å². The molecule has 1 atom stereocenters. The summed E-state index contributed by atoms with van der Waals surface area (Å²) in [7, 11) is 2.59. The highest BCUT2D eigenvalue weighted by Gasteiger charge is 1.97. The van der Waals surface area contributed by atoms with Crippen molar-refractivity contribution in [1.82, 2.24) is 0 Å². The van der Waals surface area contributed by atoms with E-state index in [9.17, 15) is 0 Å². The van der Waals surface area contributed by atoms with Crippen LogP contribution in [0.3, 0.4) is 0 Å². The summed E-state index contributed by atoms with van der Waals surface area (Å²) in [6, 6.07) is 5.55. The molecule has 0 spiro atoms. The van der Waals surface area contributed by atoms with Crippen LogP contribution >= 0.6 is 20.8 Å². The maximum Gasteiger partial charge on any atom is 0.126 e. The summed E-state index contributed by atoms with van der Waals surface area (Å²) in [5.74, 6) is 0.877. The first kappa shape index (κ1) is 8.83. The second-order valence-corrected chi connectivity index (χ2v) is 3.17. The Balaban J connectivity index is 2.90. The summed E-state index contributed by atoms with van der Waals surface area (Å²) in [6.07, 6.45) is 0. The fourth-order valence-electron chi connectivity index (χ4n) is 0.806. The van der Waals surface area contributed by atoms with Crippen LogP contribution in [0.4, 0.5) is 0 Å². The van der Waals surface area contributed by atoms with Gasteiger partial charge in [0.25, 0.3) is 0 Å². The van der Waals surface area contributed by atoms with Gasteiger partial charge in [-0.3, -0.25) is 0 Å². The molecule has 0 radical (unpaired) electrons. The lowest BCUT2D eigenvalue weighted by Crippen LogP contribution is -2.01. The maximum atomic E-state index is 5.75. The number of halogens is 1. The summed E-state index contributed by atoms with van der Waals surface area (Å²) in [6.45, 7) is 2.64. The van der Waals surface area contributed by atoms with E-state index in [0.717, 1.165) is 16.1 Å². The predicted octanol–water partition coefficient (Wildman–Crippen LogP) is 2.24. The van der Waals surface area contributed by atoms with Crippen molar-refractivity contribution in [2.45, 2.75) is 6.92 Å². The fraction of sp³-hybridized carbons (Fsp3) is 0.250. The largest absolute Gasteiger partial charge is 0.493 e. The molecule has 0 heterocycles. The summed E-state index contributed by atoms with van der Waals surface area (Å²) in [4.78, 5) is 0. The summed E-state index contributed by atoms with van der Waals surface area (Å²) in [5.41, 5.74) is 0. The van der Waals surface area contributed by atoms with Gasteiger partial charge < -0.3 is 4.74 Å². The van der Waals surface area contributed by atoms with Gasteiger partial charge in [-0.2, -0.15) is 0 Å². The summed E-state index contributed by atoms with van der Waals surface area (Å²) < 4.78 is 5.31. The number of hydrogen-bond acceptors (Lipinski definition) is 1. The number of ether oxygens (including phenoxy) is 1. The molecule has 0 aliphatic rings. The Morgan fingerprint density at radius 2 is 2.27 bits per heavy atom. The molecule has 1 aromatic carbocycles. The molecular weight excluding hydrogens is 179 g/mol. The van der Waals surface area contributed by atoms with Crippen molar-refractivity contribution < 1.29 is 4.74 Å². The quantitative estimate of drug-likeness (QED) is 0.647. The number of benzene rings is 1. The van der Waals surface area contributed by atoms with Crippen LogP contribution in [0.25, 0.3) is 0 Å². The van der Waals surface area contributed by atoms with Crippen LogP contribution in [0.5, 0.6) is 5.75 Å². The first-order valence-corrected chi connectivity index (χ1v) is 4.37. The lowest BCUT2D eigenvalue weighted by atomic mass is 10.3. The van der Waals surface area contributed by atoms with Gasteiger partial charge in [0, 0.05) is 10.3 Å². The van der Waals surface area contributed by atoms with Crippen LogP contribution in [0, 0.1) is 0 Å². The lowest BCUT2D eigenvalue weighted by molar-refractivity contribution is 0.343. The average molecular weight is 189 g/mol. The highest BCUT2D eigenvalue weighted by atomic mass is 35.5. The second kappa shape index (κ2) is 3.94. The van der Waals surface area contributed by atoms with Gasteiger partial charge in [-0.05, 0) is 25.1 Å². The third-order valence-corrected chi connectivity index (χ3v) is 1.96. The third-order valence-electron chi connectivity index (χ3n) is 1.27. The van der Waals surface area contributed by atoms with Crippen LogP contribution < -0.4 is 10.0 Å². The summed E-state index contributed by atoms with van der Waals surface area (Å²) >= 11 is 5.75. The van der Waals surface area contributed by atoms with E-state index in [4.69, 9.17) is 16.3 Å². The predicted molar refractivity (Wildman–Crippen MR) is 52.0 cm³/mol. The highest BCUT2D eigenvalue weighted by Crippen LogP contribution is 2.15. The maximum absolute atomic E-state index is 5.75. The number of hydrogen-bond donors (Lipinski definition) is 0. The zero-order valence-electron chi connectivity index (χ0n) is 6.30. The third kappa shape index (κ3) is 2.36. The van der Waals surface area contributed by atoms with Crippen LogP contribution in [0.1, 0.15) is 6.92 Å². The number of rotatable bonds is 2. The van der Waals surface area contributed by atoms with Gasteiger partial charge in [0.05, 0.1) is 6.61 Å². The molecule has 3 heteroatoms. The minimum absolute atomic E-state index is 0.684. The first-order valence-electron chi connectivity index (χ1n) is 3.42. The van der Waals surface area contributed by atoms with E-state index in [1.165, 1.54) is 0 Å². The minimum atomic E-state index is 0.684. The van der Waals surface area contributed by atoms with E-state index in [-0.39, 0.29) is 0 Å². The molecule has 0 N–H and O–H groups in total. The molecule has 0 aliphatic carbocycles. The molecule has 1 aromatic rings. The van der Waals surface area contributed by atoms with Gasteiger partial charge in [-0.25, -0.2) is 0 Å². The first-order chi connectivity index (χ1) is 5.24. The van der Waals surface area contributed by atoms with Gasteiger partial charge in [-0.1, -0.05) is 11.6 Å². The Morgan fingerprint density at radius 1 is 1.55 bits per heavy atom. The molecule has 0 aliphatic heterocycles. The van der Waals surface area contributed by atoms with E-state index in [2.05, 4.69) is 9.24 Å². The van der Waals surface area contributed by atoms with Crippen molar-refractivity contribution in [3.63, 3.8) is 0 Å². The average Bonchev–Trinajstić information content (AvgIpc) is 1.95. The Labute approximate surface area is 73.9 Å². The molecule has 0 bridgehead atoms. The van der Waals surface area contributed by atoms with Gasteiger partial charge in [0.2, 0.25) is 0 Å². The standard InChI is InChI=1S/C8H10ClOP/c1-2-10-7-4-3-6(9)5-8(7)11/h3-5H,2,11H2,1H3. The van der Waals surface area contributed by atoms with E-state index >= 15 is 0 Å². The smallest absolute Gasteiger partial charge is 0.126 e. The molecule has 0 saturated heterocycles. The van der Waals surface area contributed by atoms with E-state index in [0.29, 0.717) is 6.61 Å². The monoisotopic (exact) mass is 188 g/mol. The highest BCUT2D eigenvalue weighted by molar-refractivity contribution is 7.27. The van der Waals surface area contributed by atoms with Gasteiger partial charge in [0.15, 0.2) is 0 Å². The van der Waals surface area contributed by atoms with Gasteiger partial charge in [-0.15, -0.1) is 9.24 Å². The lowest BCUT2D eigenvalue weighted by Gasteiger charge is -2.05. The van der Waals surface area contributed by atoms with Crippen molar-refractivity contribution in [3.05, 3.63) is 23.2 Å². The molecule has 11 heavy (non-hydrogen) atoms. The zero-order valence-corrected chi connectivity index (χ0v) is 8.21. The molecule has 0 fully saturated rings. The van der Waals surface area contributed by atoms with Crippen molar-refractivity contribution >= 4 is 26.1 Å². The van der Waals surface area contributed by atoms with Crippen LogP contribution in [-0.2, 0) is 0 Å². The Hall–Kier alpha value is -0.260. The molecule has 0 aromatic heterocycles. The molecule has 0 saturated carbocycles. The van der Waals surface area contributed by atoms with Gasteiger partial charge in [0.1, 0.15) is 5.75 Å². The van der Waals surface area contributed by atoms with Gasteiger partial charge >= 0.3 is 0 Å². The molecule has 1 unspecified atom stereocenters. The van der Waals surface area contributed by atoms with E-state index in [1.54, 1.807) is 0 Å². The molecular formula is C8H10ClOP. The van der Waals surface area contributed by atoms with Crippen molar-refractivity contribution in [1.29, 1.82) is 0 Å². The van der Waals surface area contributed by atoms with Crippen LogP contribution in [0.2, 0.25) is 5.02 Å². The van der Waals surface area contributed by atoms with Crippen molar-refractivity contribution in [2.24, 2.45) is 0 Å². The second-order valence-electron chi connectivity index (χ2n) is 2.12. The van der Waals surface area contributed by atoms with Crippen molar-refractivity contribution in [3.8, 4) is 5.75 Å². The fourth-order valence-corrected chi connectivity index (χ4v) is 1.45. The van der Waals surface area contributed by atoms with E-state index < -0.39 is 0 Å². The molecule has 0 amide bonds. The Bertz CT molecular complexity index is 250. The molecule has 1 nitrogen and oxygen atoms in total. The zero-order chi connectivity index (χ0) is 8.27. The van der Waals surface area contributed by atoms with Crippen LogP contribution in [-0.4, -0.2) is 6.61 Å². The molecule has 1 rings (SSSR count). The normalized spacial score (nSPS) is 9.73. The van der Waals surface area contributed by atoms with Crippen LogP contribution in [0.15, 0.2) is 18.2 Å². The van der Waals surface area contributed by atoms with E-state index in [1.807, 2.05) is 25.1 Å². The molecule has 60 valence electrons. The Kier molecular flexibility index (Phi) is 3.16. The Morgan fingerprint density at radius 3 is 2.82 bits per heavy atom.